The number of halogens is 3. The van der Waals surface area contributed by atoms with Crippen molar-refractivity contribution in [3.63, 3.8) is 0 Å². The molecular formula is C21H18ClF2N5O2S2. The molecule has 0 fully saturated rings. The molecular weight excluding hydrogens is 492 g/mol. The monoisotopic (exact) mass is 509 g/mol. The van der Waals surface area contributed by atoms with Gasteiger partial charge in [0.15, 0.2) is 0 Å². The number of nitrogens with one attached hydrogen (secondary N) is 1. The van der Waals surface area contributed by atoms with Crippen molar-refractivity contribution in [2.24, 2.45) is 5.73 Å². The van der Waals surface area contributed by atoms with E-state index >= 15 is 0 Å². The van der Waals surface area contributed by atoms with Gasteiger partial charge in [-0.2, -0.15) is 5.10 Å². The third kappa shape index (κ3) is 4.35. The molecule has 4 aromatic rings. The zero-order valence-corrected chi connectivity index (χ0v) is 20.1. The van der Waals surface area contributed by atoms with E-state index in [-0.39, 0.29) is 21.9 Å². The second-order valence-corrected chi connectivity index (χ2v) is 10.0. The number of nitrogens with zero attached hydrogens (tertiary/aromatic N) is 3. The van der Waals surface area contributed by atoms with Crippen molar-refractivity contribution in [2.75, 3.05) is 5.32 Å². The normalized spacial score (nSPS) is 11.5. The number of carbonyl (C=O) groups is 2. The van der Waals surface area contributed by atoms with E-state index in [1.165, 1.54) is 22.1 Å². The lowest BCUT2D eigenvalue weighted by Crippen LogP contribution is -2.22. The SMILES string of the molecule is Cc1ccc(-c2cc(C(F)F)nc3sc(C(N)=O)c(NC(=O)Cn4nc(C)c(Cl)c4C)c23)s1. The summed E-state index contributed by atoms with van der Waals surface area (Å²) in [4.78, 5) is 31.0. The highest BCUT2D eigenvalue weighted by atomic mass is 35.5. The molecule has 33 heavy (non-hydrogen) atoms. The number of nitrogens with two attached hydrogens (primary N) is 1. The molecule has 4 heterocycles. The number of anilines is 1. The van der Waals surface area contributed by atoms with Crippen molar-refractivity contribution in [3.05, 3.63) is 50.1 Å². The van der Waals surface area contributed by atoms with Crippen LogP contribution in [0.15, 0.2) is 18.2 Å². The average molecular weight is 510 g/mol. The number of carbonyl (C=O) groups excluding carboxylic acids is 2. The van der Waals surface area contributed by atoms with E-state index in [1.54, 1.807) is 19.9 Å². The van der Waals surface area contributed by atoms with Crippen LogP contribution in [0.3, 0.4) is 0 Å². The highest BCUT2D eigenvalue weighted by molar-refractivity contribution is 7.21. The van der Waals surface area contributed by atoms with Crippen LogP contribution in [0.1, 0.15) is 38.1 Å². The summed E-state index contributed by atoms with van der Waals surface area (Å²) in [6.07, 6.45) is -2.80. The summed E-state index contributed by atoms with van der Waals surface area (Å²) >= 11 is 8.43. The largest absolute Gasteiger partial charge is 0.365 e. The van der Waals surface area contributed by atoms with Crippen LogP contribution in [-0.2, 0) is 11.3 Å². The van der Waals surface area contributed by atoms with Crippen LogP contribution in [0, 0.1) is 20.8 Å². The molecule has 3 N–H and O–H groups in total. The fraction of sp³-hybridized carbons (Fsp3) is 0.238. The van der Waals surface area contributed by atoms with E-state index in [0.717, 1.165) is 16.2 Å². The number of hydrogen-bond donors (Lipinski definition) is 2. The predicted octanol–water partition coefficient (Wildman–Crippen LogP) is 5.48. The van der Waals surface area contributed by atoms with Gasteiger partial charge in [0.25, 0.3) is 12.3 Å². The second-order valence-electron chi connectivity index (χ2n) is 7.35. The first kappa shape index (κ1) is 23.3. The number of fused-ring (bicyclic) bond motifs is 1. The van der Waals surface area contributed by atoms with Crippen LogP contribution in [0.2, 0.25) is 5.02 Å². The average Bonchev–Trinajstić information content (AvgIpc) is 3.41. The zero-order chi connectivity index (χ0) is 24.0. The van der Waals surface area contributed by atoms with E-state index in [4.69, 9.17) is 17.3 Å². The van der Waals surface area contributed by atoms with Crippen molar-refractivity contribution in [3.8, 4) is 10.4 Å². The van der Waals surface area contributed by atoms with Crippen LogP contribution < -0.4 is 11.1 Å². The van der Waals surface area contributed by atoms with E-state index in [2.05, 4.69) is 15.4 Å². The summed E-state index contributed by atoms with van der Waals surface area (Å²) in [5, 5.41) is 7.82. The first-order valence-electron chi connectivity index (χ1n) is 9.68. The van der Waals surface area contributed by atoms with Gasteiger partial charge in [-0.15, -0.1) is 22.7 Å². The lowest BCUT2D eigenvalue weighted by Gasteiger charge is -2.10. The van der Waals surface area contributed by atoms with Gasteiger partial charge in [-0.25, -0.2) is 13.8 Å². The third-order valence-electron chi connectivity index (χ3n) is 4.99. The topological polar surface area (TPSA) is 103 Å². The van der Waals surface area contributed by atoms with Crippen molar-refractivity contribution in [2.45, 2.75) is 33.7 Å². The molecule has 172 valence electrons. The molecule has 0 atom stereocenters. The Morgan fingerprint density at radius 2 is 1.97 bits per heavy atom. The zero-order valence-electron chi connectivity index (χ0n) is 17.7. The number of thiophene rings is 2. The summed E-state index contributed by atoms with van der Waals surface area (Å²) in [7, 11) is 0. The van der Waals surface area contributed by atoms with Gasteiger partial charge in [-0.3, -0.25) is 14.3 Å². The highest BCUT2D eigenvalue weighted by Gasteiger charge is 2.25. The molecule has 0 aliphatic heterocycles. The summed E-state index contributed by atoms with van der Waals surface area (Å²) in [6.45, 7) is 5.19. The van der Waals surface area contributed by atoms with Crippen molar-refractivity contribution < 1.29 is 18.4 Å². The molecule has 0 bridgehead atoms. The molecule has 4 rings (SSSR count). The smallest absolute Gasteiger partial charge is 0.280 e. The molecule has 0 saturated heterocycles. The molecule has 0 aliphatic rings. The molecule has 0 radical (unpaired) electrons. The van der Waals surface area contributed by atoms with Gasteiger partial charge in [0, 0.05) is 20.7 Å². The number of amides is 2. The maximum absolute atomic E-state index is 13.6. The molecule has 0 saturated carbocycles. The molecule has 7 nitrogen and oxygen atoms in total. The number of aromatic nitrogens is 3. The van der Waals surface area contributed by atoms with Crippen LogP contribution >= 0.6 is 34.3 Å². The second kappa shape index (κ2) is 8.81. The standard InChI is InChI=1S/C21H18ClF2N5O2S2/c1-8-4-5-13(32-8)11-6-12(19(23)24)26-21-15(11)17(18(33-21)20(25)31)27-14(30)7-29-10(3)16(22)9(2)28-29/h4-6,19H,7H2,1-3H3,(H2,25,31)(H,27,30). The Balaban J connectivity index is 1.85. The van der Waals surface area contributed by atoms with Gasteiger partial charge in [0.2, 0.25) is 5.91 Å². The molecule has 0 aliphatic carbocycles. The van der Waals surface area contributed by atoms with Crippen molar-refractivity contribution in [1.29, 1.82) is 0 Å². The van der Waals surface area contributed by atoms with Crippen LogP contribution in [0.4, 0.5) is 14.5 Å². The minimum Gasteiger partial charge on any atom is -0.365 e. The summed E-state index contributed by atoms with van der Waals surface area (Å²) in [6, 6.07) is 4.95. The molecule has 4 aromatic heterocycles. The summed E-state index contributed by atoms with van der Waals surface area (Å²) in [5.41, 5.74) is 6.93. The molecule has 0 unspecified atom stereocenters. The van der Waals surface area contributed by atoms with Gasteiger partial charge < -0.3 is 11.1 Å². The maximum Gasteiger partial charge on any atom is 0.280 e. The Kier molecular flexibility index (Phi) is 6.21. The van der Waals surface area contributed by atoms with Gasteiger partial charge in [-0.05, 0) is 39.0 Å². The molecule has 2 amide bonds. The van der Waals surface area contributed by atoms with Gasteiger partial charge in [-0.1, -0.05) is 11.6 Å². The van der Waals surface area contributed by atoms with Crippen LogP contribution in [-0.4, -0.2) is 26.6 Å². The first-order valence-corrected chi connectivity index (χ1v) is 11.7. The molecule has 12 heteroatoms. The Bertz CT molecular complexity index is 1410. The van der Waals surface area contributed by atoms with Crippen molar-refractivity contribution >= 4 is 62.0 Å². The number of alkyl halides is 2. The number of hydrogen-bond acceptors (Lipinski definition) is 6. The van der Waals surface area contributed by atoms with E-state index in [9.17, 15) is 18.4 Å². The fourth-order valence-corrected chi connectivity index (χ4v) is 5.48. The summed E-state index contributed by atoms with van der Waals surface area (Å²) in [5.74, 6) is -1.28. The van der Waals surface area contributed by atoms with Crippen LogP contribution in [0.5, 0.6) is 0 Å². The minimum atomic E-state index is -2.80. The van der Waals surface area contributed by atoms with E-state index in [0.29, 0.717) is 32.2 Å². The number of aryl methyl sites for hydroxylation is 2. The predicted molar refractivity (Wildman–Crippen MR) is 126 cm³/mol. The maximum atomic E-state index is 13.6. The van der Waals surface area contributed by atoms with Gasteiger partial charge in [0.05, 0.1) is 22.1 Å². The summed E-state index contributed by atoms with van der Waals surface area (Å²) < 4.78 is 28.5. The van der Waals surface area contributed by atoms with E-state index in [1.807, 2.05) is 13.0 Å². The Morgan fingerprint density at radius 3 is 2.52 bits per heavy atom. The highest BCUT2D eigenvalue weighted by Crippen LogP contribution is 2.44. The van der Waals surface area contributed by atoms with E-state index < -0.39 is 23.9 Å². The Labute approximate surface area is 200 Å². The van der Waals surface area contributed by atoms with Gasteiger partial charge >= 0.3 is 0 Å². The van der Waals surface area contributed by atoms with Crippen LogP contribution in [0.25, 0.3) is 20.7 Å². The number of rotatable bonds is 6. The van der Waals surface area contributed by atoms with Gasteiger partial charge in [0.1, 0.15) is 21.9 Å². The fourth-order valence-electron chi connectivity index (χ4n) is 3.44. The molecule has 0 spiro atoms. The molecule has 0 aromatic carbocycles. The third-order valence-corrected chi connectivity index (χ3v) is 7.67. The lowest BCUT2D eigenvalue weighted by atomic mass is 10.1. The van der Waals surface area contributed by atoms with Crippen molar-refractivity contribution in [1.82, 2.24) is 14.8 Å². The first-order chi connectivity index (χ1) is 15.6. The Morgan fingerprint density at radius 1 is 1.24 bits per heavy atom. The lowest BCUT2D eigenvalue weighted by molar-refractivity contribution is -0.116. The number of pyridine rings is 1. The Hall–Kier alpha value is -2.89. The quantitative estimate of drug-likeness (QED) is 0.359. The number of primary amides is 1. The minimum absolute atomic E-state index is 0.0261.